The Morgan fingerprint density at radius 3 is 2.90 bits per heavy atom. The molecular formula is C15H14FN3S. The van der Waals surface area contributed by atoms with Gasteiger partial charge < -0.3 is 5.32 Å². The van der Waals surface area contributed by atoms with Gasteiger partial charge >= 0.3 is 0 Å². The van der Waals surface area contributed by atoms with Crippen molar-refractivity contribution in [1.82, 2.24) is 9.97 Å². The molecule has 1 N–H and O–H groups in total. The van der Waals surface area contributed by atoms with E-state index in [0.29, 0.717) is 6.54 Å². The Bertz CT molecular complexity index is 767. The molecular weight excluding hydrogens is 273 g/mol. The average Bonchev–Trinajstić information content (AvgIpc) is 2.73. The van der Waals surface area contributed by atoms with Gasteiger partial charge in [-0.05, 0) is 37.1 Å². The number of nitrogens with zero attached hydrogens (tertiary/aromatic N) is 2. The molecule has 0 amide bonds. The molecule has 0 aliphatic carbocycles. The van der Waals surface area contributed by atoms with Crippen LogP contribution in [0, 0.1) is 19.7 Å². The van der Waals surface area contributed by atoms with E-state index in [2.05, 4.69) is 29.1 Å². The maximum Gasteiger partial charge on any atom is 0.138 e. The molecule has 3 nitrogen and oxygen atoms in total. The van der Waals surface area contributed by atoms with Gasteiger partial charge in [-0.1, -0.05) is 12.1 Å². The summed E-state index contributed by atoms with van der Waals surface area (Å²) in [5.41, 5.74) is 2.09. The molecule has 0 aliphatic heterocycles. The number of fused-ring (bicyclic) bond motifs is 1. The van der Waals surface area contributed by atoms with Gasteiger partial charge in [-0.3, -0.25) is 0 Å². The fourth-order valence-electron chi connectivity index (χ4n) is 2.15. The topological polar surface area (TPSA) is 37.8 Å². The first kappa shape index (κ1) is 13.0. The molecule has 3 aromatic rings. The van der Waals surface area contributed by atoms with Crippen LogP contribution < -0.4 is 5.32 Å². The van der Waals surface area contributed by atoms with Gasteiger partial charge in [0, 0.05) is 11.4 Å². The summed E-state index contributed by atoms with van der Waals surface area (Å²) in [5.74, 6) is 0.584. The highest BCUT2D eigenvalue weighted by Crippen LogP contribution is 2.32. The molecule has 0 bridgehead atoms. The van der Waals surface area contributed by atoms with Crippen LogP contribution in [0.1, 0.15) is 16.0 Å². The molecule has 0 atom stereocenters. The molecule has 1 aromatic carbocycles. The van der Waals surface area contributed by atoms with Gasteiger partial charge in [0.1, 0.15) is 22.8 Å². The minimum atomic E-state index is -0.223. The summed E-state index contributed by atoms with van der Waals surface area (Å²) in [4.78, 5) is 10.8. The van der Waals surface area contributed by atoms with Crippen LogP contribution in [0.3, 0.4) is 0 Å². The van der Waals surface area contributed by atoms with Gasteiger partial charge in [0.25, 0.3) is 0 Å². The second kappa shape index (κ2) is 5.17. The van der Waals surface area contributed by atoms with Gasteiger partial charge in [0.15, 0.2) is 0 Å². The van der Waals surface area contributed by atoms with Crippen molar-refractivity contribution in [2.45, 2.75) is 20.4 Å². The van der Waals surface area contributed by atoms with E-state index < -0.39 is 0 Å². The molecule has 0 saturated carbocycles. The zero-order valence-corrected chi connectivity index (χ0v) is 12.1. The normalized spacial score (nSPS) is 10.9. The summed E-state index contributed by atoms with van der Waals surface area (Å²) in [6.45, 7) is 4.70. The standard InChI is InChI=1S/C15H14FN3S/c1-9-10(2)20-15-13(9)14(18-8-19-15)17-7-11-4-3-5-12(16)6-11/h3-6,8H,7H2,1-2H3,(H,17,18,19). The van der Waals surface area contributed by atoms with E-state index in [4.69, 9.17) is 0 Å². The number of nitrogens with one attached hydrogen (secondary N) is 1. The van der Waals surface area contributed by atoms with Crippen LogP contribution in [0.5, 0.6) is 0 Å². The third kappa shape index (κ3) is 2.36. The molecule has 0 saturated heterocycles. The number of aryl methyl sites for hydroxylation is 2. The maximum atomic E-state index is 13.2. The van der Waals surface area contributed by atoms with Crippen molar-refractivity contribution in [2.24, 2.45) is 0 Å². The van der Waals surface area contributed by atoms with Crippen molar-refractivity contribution in [3.63, 3.8) is 0 Å². The zero-order valence-electron chi connectivity index (χ0n) is 11.3. The minimum absolute atomic E-state index is 0.223. The average molecular weight is 287 g/mol. The Labute approximate surface area is 120 Å². The Morgan fingerprint density at radius 1 is 1.25 bits per heavy atom. The first-order chi connectivity index (χ1) is 9.65. The van der Waals surface area contributed by atoms with Crippen LogP contribution in [0.15, 0.2) is 30.6 Å². The Morgan fingerprint density at radius 2 is 2.10 bits per heavy atom. The lowest BCUT2D eigenvalue weighted by Crippen LogP contribution is -2.02. The fraction of sp³-hybridized carbons (Fsp3) is 0.200. The molecule has 3 rings (SSSR count). The van der Waals surface area contributed by atoms with E-state index in [0.717, 1.165) is 21.6 Å². The number of rotatable bonds is 3. The van der Waals surface area contributed by atoms with E-state index in [1.807, 2.05) is 6.07 Å². The van der Waals surface area contributed by atoms with Crippen LogP contribution in [-0.2, 0) is 6.54 Å². The third-order valence-corrected chi connectivity index (χ3v) is 4.43. The van der Waals surface area contributed by atoms with Gasteiger partial charge in [0.05, 0.1) is 5.39 Å². The molecule has 0 spiro atoms. The Hall–Kier alpha value is -2.01. The molecule has 102 valence electrons. The van der Waals surface area contributed by atoms with Crippen molar-refractivity contribution in [2.75, 3.05) is 5.32 Å². The Balaban J connectivity index is 1.91. The SMILES string of the molecule is Cc1sc2ncnc(NCc3cccc(F)c3)c2c1C. The highest BCUT2D eigenvalue weighted by atomic mass is 32.1. The van der Waals surface area contributed by atoms with E-state index >= 15 is 0 Å². The largest absolute Gasteiger partial charge is 0.365 e. The molecule has 2 heterocycles. The first-order valence-corrected chi connectivity index (χ1v) is 7.16. The minimum Gasteiger partial charge on any atom is -0.365 e. The molecule has 0 unspecified atom stereocenters. The van der Waals surface area contributed by atoms with E-state index in [1.165, 1.54) is 22.6 Å². The van der Waals surface area contributed by atoms with E-state index in [1.54, 1.807) is 23.7 Å². The number of hydrogen-bond acceptors (Lipinski definition) is 4. The molecule has 0 aliphatic rings. The number of benzene rings is 1. The van der Waals surface area contributed by atoms with Crippen LogP contribution in [0.4, 0.5) is 10.2 Å². The molecule has 20 heavy (non-hydrogen) atoms. The van der Waals surface area contributed by atoms with E-state index in [-0.39, 0.29) is 5.82 Å². The van der Waals surface area contributed by atoms with E-state index in [9.17, 15) is 4.39 Å². The summed E-state index contributed by atoms with van der Waals surface area (Å²) >= 11 is 1.67. The van der Waals surface area contributed by atoms with Crippen molar-refractivity contribution in [3.05, 3.63) is 52.4 Å². The number of anilines is 1. The summed E-state index contributed by atoms with van der Waals surface area (Å²) < 4.78 is 13.2. The van der Waals surface area contributed by atoms with Crippen LogP contribution in [0.2, 0.25) is 0 Å². The predicted molar refractivity (Wildman–Crippen MR) is 80.6 cm³/mol. The van der Waals surface area contributed by atoms with Gasteiger partial charge in [-0.15, -0.1) is 11.3 Å². The fourth-order valence-corrected chi connectivity index (χ4v) is 3.15. The number of aromatic nitrogens is 2. The van der Waals surface area contributed by atoms with Crippen LogP contribution in [-0.4, -0.2) is 9.97 Å². The highest BCUT2D eigenvalue weighted by Gasteiger charge is 2.11. The quantitative estimate of drug-likeness (QED) is 0.789. The van der Waals surface area contributed by atoms with Gasteiger partial charge in [-0.25, -0.2) is 14.4 Å². The van der Waals surface area contributed by atoms with Crippen molar-refractivity contribution < 1.29 is 4.39 Å². The van der Waals surface area contributed by atoms with Crippen molar-refractivity contribution >= 4 is 27.4 Å². The lowest BCUT2D eigenvalue weighted by molar-refractivity contribution is 0.626. The third-order valence-electron chi connectivity index (χ3n) is 3.31. The Kier molecular flexibility index (Phi) is 3.36. The highest BCUT2D eigenvalue weighted by molar-refractivity contribution is 7.18. The number of hydrogen-bond donors (Lipinski definition) is 1. The van der Waals surface area contributed by atoms with Gasteiger partial charge in [-0.2, -0.15) is 0 Å². The van der Waals surface area contributed by atoms with Crippen LogP contribution >= 0.6 is 11.3 Å². The second-order valence-corrected chi connectivity index (χ2v) is 5.87. The smallest absolute Gasteiger partial charge is 0.138 e. The lowest BCUT2D eigenvalue weighted by atomic mass is 10.2. The number of halogens is 1. The molecule has 0 radical (unpaired) electrons. The summed E-state index contributed by atoms with van der Waals surface area (Å²) in [5, 5.41) is 4.34. The first-order valence-electron chi connectivity index (χ1n) is 6.34. The van der Waals surface area contributed by atoms with Gasteiger partial charge in [0.2, 0.25) is 0 Å². The summed E-state index contributed by atoms with van der Waals surface area (Å²) in [6, 6.07) is 6.57. The molecule has 0 fully saturated rings. The van der Waals surface area contributed by atoms with Crippen LogP contribution in [0.25, 0.3) is 10.2 Å². The second-order valence-electron chi connectivity index (χ2n) is 4.67. The monoisotopic (exact) mass is 287 g/mol. The summed E-state index contributed by atoms with van der Waals surface area (Å²) in [7, 11) is 0. The molecule has 2 aromatic heterocycles. The predicted octanol–water partition coefficient (Wildman–Crippen LogP) is 4.06. The zero-order chi connectivity index (χ0) is 14.1. The number of thiophene rings is 1. The summed E-state index contributed by atoms with van der Waals surface area (Å²) in [6.07, 6.45) is 1.56. The van der Waals surface area contributed by atoms with Crippen molar-refractivity contribution in [3.8, 4) is 0 Å². The molecule has 5 heteroatoms. The maximum absolute atomic E-state index is 13.2. The lowest BCUT2D eigenvalue weighted by Gasteiger charge is -2.07. The van der Waals surface area contributed by atoms with Crippen molar-refractivity contribution in [1.29, 1.82) is 0 Å².